The first kappa shape index (κ1) is 15.5. The highest BCUT2D eigenvalue weighted by atomic mass is 19.4. The van der Waals surface area contributed by atoms with Crippen molar-refractivity contribution in [3.8, 4) is 0 Å². The number of halogens is 4. The SMILES string of the molecule is C=C(C=C(CC)CC)c1ccc(F)cc1C(F)(F)F. The Kier molecular flexibility index (Phi) is 4.92. The maximum atomic E-state index is 13.0. The molecule has 1 aromatic carbocycles. The minimum absolute atomic E-state index is 0.0756. The van der Waals surface area contributed by atoms with E-state index in [4.69, 9.17) is 0 Å². The highest BCUT2D eigenvalue weighted by Crippen LogP contribution is 2.35. The summed E-state index contributed by atoms with van der Waals surface area (Å²) in [6.45, 7) is 7.52. The minimum atomic E-state index is -4.59. The summed E-state index contributed by atoms with van der Waals surface area (Å²) in [5.41, 5.74) is 0.196. The number of hydrogen-bond donors (Lipinski definition) is 0. The van der Waals surface area contributed by atoms with Crippen LogP contribution >= 0.6 is 0 Å². The summed E-state index contributed by atoms with van der Waals surface area (Å²) >= 11 is 0. The lowest BCUT2D eigenvalue weighted by atomic mass is 9.97. The first-order valence-electron chi connectivity index (χ1n) is 6.05. The van der Waals surface area contributed by atoms with Crippen molar-refractivity contribution in [1.82, 2.24) is 0 Å². The number of benzene rings is 1. The Morgan fingerprint density at radius 1 is 1.21 bits per heavy atom. The molecule has 0 heterocycles. The van der Waals surface area contributed by atoms with E-state index in [0.29, 0.717) is 6.07 Å². The van der Waals surface area contributed by atoms with E-state index in [1.807, 2.05) is 13.8 Å². The summed E-state index contributed by atoms with van der Waals surface area (Å²) < 4.78 is 51.6. The lowest BCUT2D eigenvalue weighted by molar-refractivity contribution is -0.137. The van der Waals surface area contributed by atoms with Crippen LogP contribution in [0.25, 0.3) is 5.57 Å². The molecule has 4 heteroatoms. The summed E-state index contributed by atoms with van der Waals surface area (Å²) in [5, 5.41) is 0. The van der Waals surface area contributed by atoms with Crippen molar-refractivity contribution in [2.45, 2.75) is 32.9 Å². The normalized spacial score (nSPS) is 11.3. The van der Waals surface area contributed by atoms with Crippen LogP contribution in [-0.4, -0.2) is 0 Å². The Labute approximate surface area is 110 Å². The molecular weight excluding hydrogens is 256 g/mol. The van der Waals surface area contributed by atoms with Crippen LogP contribution in [0, 0.1) is 5.82 Å². The van der Waals surface area contributed by atoms with Gasteiger partial charge in [-0.1, -0.05) is 38.1 Å². The predicted octanol–water partition coefficient (Wildman–Crippen LogP) is 5.60. The first-order chi connectivity index (χ1) is 8.79. The van der Waals surface area contributed by atoms with Gasteiger partial charge in [-0.25, -0.2) is 4.39 Å². The molecule has 0 amide bonds. The van der Waals surface area contributed by atoms with Crippen LogP contribution in [0.4, 0.5) is 17.6 Å². The second-order valence-electron chi connectivity index (χ2n) is 4.22. The molecule has 0 atom stereocenters. The van der Waals surface area contributed by atoms with Gasteiger partial charge in [0.2, 0.25) is 0 Å². The van der Waals surface area contributed by atoms with E-state index >= 15 is 0 Å². The number of hydrogen-bond acceptors (Lipinski definition) is 0. The van der Waals surface area contributed by atoms with E-state index in [1.54, 1.807) is 6.08 Å². The van der Waals surface area contributed by atoms with Crippen LogP contribution in [0.1, 0.15) is 37.8 Å². The summed E-state index contributed by atoms with van der Waals surface area (Å²) in [7, 11) is 0. The van der Waals surface area contributed by atoms with Crippen LogP contribution in [0.15, 0.2) is 36.4 Å². The summed E-state index contributed by atoms with van der Waals surface area (Å²) in [6.07, 6.45) is -1.45. The Balaban J connectivity index is 3.28. The van der Waals surface area contributed by atoms with Crippen molar-refractivity contribution < 1.29 is 17.6 Å². The van der Waals surface area contributed by atoms with Gasteiger partial charge in [-0.2, -0.15) is 13.2 Å². The minimum Gasteiger partial charge on any atom is -0.207 e. The molecule has 0 unspecified atom stereocenters. The molecule has 0 fully saturated rings. The van der Waals surface area contributed by atoms with Crippen LogP contribution in [0.3, 0.4) is 0 Å². The fourth-order valence-corrected chi connectivity index (χ4v) is 1.81. The molecule has 1 aromatic rings. The van der Waals surface area contributed by atoms with Crippen LogP contribution < -0.4 is 0 Å². The molecule has 0 aromatic heterocycles. The number of alkyl halides is 3. The number of rotatable bonds is 4. The van der Waals surface area contributed by atoms with Crippen molar-refractivity contribution in [3.63, 3.8) is 0 Å². The molecule has 0 nitrogen and oxygen atoms in total. The summed E-state index contributed by atoms with van der Waals surface area (Å²) in [6, 6.07) is 2.65. The van der Waals surface area contributed by atoms with Crippen LogP contribution in [0.2, 0.25) is 0 Å². The van der Waals surface area contributed by atoms with E-state index in [-0.39, 0.29) is 11.1 Å². The van der Waals surface area contributed by atoms with E-state index in [9.17, 15) is 17.6 Å². The quantitative estimate of drug-likeness (QED) is 0.494. The van der Waals surface area contributed by atoms with Gasteiger partial charge in [-0.05, 0) is 36.1 Å². The van der Waals surface area contributed by atoms with Gasteiger partial charge in [0.15, 0.2) is 0 Å². The monoisotopic (exact) mass is 272 g/mol. The molecule has 104 valence electrons. The van der Waals surface area contributed by atoms with E-state index < -0.39 is 17.6 Å². The molecular formula is C15H16F4. The molecule has 0 saturated carbocycles. The van der Waals surface area contributed by atoms with Gasteiger partial charge in [0.25, 0.3) is 0 Å². The second kappa shape index (κ2) is 6.04. The van der Waals surface area contributed by atoms with Crippen molar-refractivity contribution in [1.29, 1.82) is 0 Å². The first-order valence-corrected chi connectivity index (χ1v) is 6.05. The van der Waals surface area contributed by atoms with Gasteiger partial charge in [0.05, 0.1) is 5.56 Å². The molecule has 0 N–H and O–H groups in total. The molecule has 0 aliphatic carbocycles. The largest absolute Gasteiger partial charge is 0.417 e. The molecule has 0 aliphatic rings. The van der Waals surface area contributed by atoms with Crippen molar-refractivity contribution in [2.75, 3.05) is 0 Å². The molecule has 0 aliphatic heterocycles. The van der Waals surface area contributed by atoms with Gasteiger partial charge in [-0.3, -0.25) is 0 Å². The molecule has 0 bridgehead atoms. The third kappa shape index (κ3) is 3.94. The maximum absolute atomic E-state index is 13.0. The van der Waals surface area contributed by atoms with Gasteiger partial charge in [0.1, 0.15) is 5.82 Å². The zero-order valence-corrected chi connectivity index (χ0v) is 10.9. The van der Waals surface area contributed by atoms with Crippen LogP contribution in [-0.2, 0) is 6.18 Å². The molecule has 0 saturated heterocycles. The second-order valence-corrected chi connectivity index (χ2v) is 4.22. The third-order valence-electron chi connectivity index (χ3n) is 2.92. The van der Waals surface area contributed by atoms with Crippen molar-refractivity contribution >= 4 is 5.57 Å². The Hall–Kier alpha value is -1.58. The molecule has 19 heavy (non-hydrogen) atoms. The standard InChI is InChI=1S/C15H16F4/c1-4-11(5-2)8-10(3)13-7-6-12(16)9-14(13)15(17,18)19/h6-9H,3-5H2,1-2H3. The van der Waals surface area contributed by atoms with Gasteiger partial charge in [0, 0.05) is 0 Å². The molecule has 0 spiro atoms. The average Bonchev–Trinajstić information content (AvgIpc) is 2.34. The Morgan fingerprint density at radius 2 is 1.79 bits per heavy atom. The van der Waals surface area contributed by atoms with Gasteiger partial charge < -0.3 is 0 Å². The maximum Gasteiger partial charge on any atom is 0.417 e. The Morgan fingerprint density at radius 3 is 2.26 bits per heavy atom. The zero-order chi connectivity index (χ0) is 14.6. The smallest absolute Gasteiger partial charge is 0.207 e. The van der Waals surface area contributed by atoms with E-state index in [2.05, 4.69) is 6.58 Å². The molecule has 1 rings (SSSR count). The topological polar surface area (TPSA) is 0 Å². The lowest BCUT2D eigenvalue weighted by Gasteiger charge is -2.14. The third-order valence-corrected chi connectivity index (χ3v) is 2.92. The Bertz CT molecular complexity index is 489. The van der Waals surface area contributed by atoms with E-state index in [0.717, 1.165) is 30.5 Å². The zero-order valence-electron chi connectivity index (χ0n) is 10.9. The van der Waals surface area contributed by atoms with Crippen LogP contribution in [0.5, 0.6) is 0 Å². The summed E-state index contributed by atoms with van der Waals surface area (Å²) in [4.78, 5) is 0. The van der Waals surface area contributed by atoms with Crippen molar-refractivity contribution in [3.05, 3.63) is 53.4 Å². The predicted molar refractivity (Wildman–Crippen MR) is 69.1 cm³/mol. The van der Waals surface area contributed by atoms with Crippen molar-refractivity contribution in [2.24, 2.45) is 0 Å². The highest BCUT2D eigenvalue weighted by molar-refractivity contribution is 5.75. The summed E-state index contributed by atoms with van der Waals surface area (Å²) in [5.74, 6) is -0.904. The molecule has 0 radical (unpaired) electrons. The lowest BCUT2D eigenvalue weighted by Crippen LogP contribution is -2.09. The van der Waals surface area contributed by atoms with Gasteiger partial charge >= 0.3 is 6.18 Å². The fraction of sp³-hybridized carbons (Fsp3) is 0.333. The average molecular weight is 272 g/mol. The fourth-order valence-electron chi connectivity index (χ4n) is 1.81. The number of allylic oxidation sites excluding steroid dienone is 3. The highest BCUT2D eigenvalue weighted by Gasteiger charge is 2.34. The van der Waals surface area contributed by atoms with E-state index in [1.165, 1.54) is 0 Å². The van der Waals surface area contributed by atoms with Gasteiger partial charge in [-0.15, -0.1) is 0 Å².